The van der Waals surface area contributed by atoms with E-state index in [4.69, 9.17) is 4.74 Å². The van der Waals surface area contributed by atoms with Gasteiger partial charge in [0.25, 0.3) is 0 Å². The summed E-state index contributed by atoms with van der Waals surface area (Å²) in [6.45, 7) is -0.333. The van der Waals surface area contributed by atoms with Gasteiger partial charge in [-0.05, 0) is 6.07 Å². The van der Waals surface area contributed by atoms with E-state index in [2.05, 4.69) is 14.7 Å². The summed E-state index contributed by atoms with van der Waals surface area (Å²) in [6.07, 6.45) is 0. The van der Waals surface area contributed by atoms with Crippen molar-refractivity contribution in [3.05, 3.63) is 41.5 Å². The minimum atomic E-state index is -4.05. The number of anilines is 1. The maximum absolute atomic E-state index is 13.8. The van der Waals surface area contributed by atoms with Crippen molar-refractivity contribution in [1.82, 2.24) is 14.3 Å². The van der Waals surface area contributed by atoms with E-state index in [-0.39, 0.29) is 52.8 Å². The molecule has 1 N–H and O–H groups in total. The van der Waals surface area contributed by atoms with E-state index in [1.165, 1.54) is 25.3 Å². The second kappa shape index (κ2) is 8.99. The standard InChI is InChI=1S/C16H18F2N4O5S3/c1-27-14-9-13(21-30(25,26)22-5-7-29(23,24)8-6-22)19-16(20-14)28-10-11-3-2-4-12(17)15(11)18/h2-4,9H,5-8,10H2,1H3,(H,19,20,21). The van der Waals surface area contributed by atoms with Crippen LogP contribution in [0.4, 0.5) is 14.6 Å². The molecule has 0 spiro atoms. The van der Waals surface area contributed by atoms with Crippen molar-refractivity contribution >= 4 is 37.6 Å². The zero-order valence-corrected chi connectivity index (χ0v) is 18.2. The Morgan fingerprint density at radius 1 is 1.23 bits per heavy atom. The van der Waals surface area contributed by atoms with Crippen LogP contribution in [0.5, 0.6) is 5.88 Å². The number of methoxy groups -OCH3 is 1. The number of nitrogens with zero attached hydrogens (tertiary/aromatic N) is 3. The average molecular weight is 481 g/mol. The topological polar surface area (TPSA) is 119 Å². The average Bonchev–Trinajstić information content (AvgIpc) is 2.68. The maximum atomic E-state index is 13.8. The molecule has 2 aromatic rings. The summed E-state index contributed by atoms with van der Waals surface area (Å²) in [5.74, 6) is -2.51. The van der Waals surface area contributed by atoms with Gasteiger partial charge in [-0.1, -0.05) is 23.9 Å². The van der Waals surface area contributed by atoms with E-state index in [1.54, 1.807) is 0 Å². The Morgan fingerprint density at radius 3 is 2.60 bits per heavy atom. The van der Waals surface area contributed by atoms with Crippen molar-refractivity contribution in [3.63, 3.8) is 0 Å². The summed E-state index contributed by atoms with van der Waals surface area (Å²) >= 11 is 0.965. The van der Waals surface area contributed by atoms with E-state index in [0.717, 1.165) is 22.1 Å². The van der Waals surface area contributed by atoms with E-state index in [1.807, 2.05) is 0 Å². The first kappa shape index (κ1) is 22.7. The predicted molar refractivity (Wildman–Crippen MR) is 107 cm³/mol. The predicted octanol–water partition coefficient (Wildman–Crippen LogP) is 1.44. The fourth-order valence-corrected chi connectivity index (χ4v) is 5.98. The molecule has 9 nitrogen and oxygen atoms in total. The summed E-state index contributed by atoms with van der Waals surface area (Å²) in [4.78, 5) is 8.14. The minimum Gasteiger partial charge on any atom is -0.481 e. The third-order valence-corrected chi connectivity index (χ3v) is 8.17. The Kier molecular flexibility index (Phi) is 6.79. The molecule has 1 saturated heterocycles. The van der Waals surface area contributed by atoms with Crippen LogP contribution in [0.3, 0.4) is 0 Å². The molecule has 0 amide bonds. The quantitative estimate of drug-likeness (QED) is 0.467. The summed E-state index contributed by atoms with van der Waals surface area (Å²) in [5.41, 5.74) is 0.100. The molecule has 0 radical (unpaired) electrons. The van der Waals surface area contributed by atoms with Crippen LogP contribution in [0.2, 0.25) is 0 Å². The molecule has 1 aromatic carbocycles. The summed E-state index contributed by atoms with van der Waals surface area (Å²) in [6, 6.07) is 5.05. The monoisotopic (exact) mass is 480 g/mol. The highest BCUT2D eigenvalue weighted by Gasteiger charge is 2.30. The number of hydrogen-bond donors (Lipinski definition) is 1. The molecule has 164 valence electrons. The van der Waals surface area contributed by atoms with Crippen LogP contribution < -0.4 is 9.46 Å². The maximum Gasteiger partial charge on any atom is 0.302 e. The van der Waals surface area contributed by atoms with Gasteiger partial charge in [0, 0.05) is 30.5 Å². The number of halogens is 2. The molecule has 0 atom stereocenters. The second-order valence-electron chi connectivity index (χ2n) is 6.24. The van der Waals surface area contributed by atoms with Gasteiger partial charge < -0.3 is 4.74 Å². The molecule has 0 bridgehead atoms. The molecule has 30 heavy (non-hydrogen) atoms. The first-order chi connectivity index (χ1) is 14.1. The Bertz CT molecular complexity index is 1130. The van der Waals surface area contributed by atoms with Crippen LogP contribution in [0.25, 0.3) is 0 Å². The lowest BCUT2D eigenvalue weighted by Gasteiger charge is -2.26. The number of nitrogens with one attached hydrogen (secondary N) is 1. The van der Waals surface area contributed by atoms with Crippen LogP contribution in [-0.2, 0) is 25.8 Å². The van der Waals surface area contributed by atoms with Gasteiger partial charge in [0.05, 0.1) is 18.6 Å². The molecule has 1 aliphatic heterocycles. The Morgan fingerprint density at radius 2 is 1.93 bits per heavy atom. The zero-order valence-electron chi connectivity index (χ0n) is 15.7. The lowest BCUT2D eigenvalue weighted by atomic mass is 10.2. The molecule has 2 heterocycles. The molecule has 0 saturated carbocycles. The second-order valence-corrected chi connectivity index (χ2v) is 11.2. The Labute approximate surface area is 177 Å². The lowest BCUT2D eigenvalue weighted by molar-refractivity contribution is 0.392. The molecule has 1 fully saturated rings. The van der Waals surface area contributed by atoms with Gasteiger partial charge in [-0.3, -0.25) is 4.72 Å². The summed E-state index contributed by atoms with van der Waals surface area (Å²) < 4.78 is 83.6. The third-order valence-electron chi connectivity index (χ3n) is 4.16. The first-order valence-corrected chi connectivity index (χ1v) is 12.8. The molecule has 0 unspecified atom stereocenters. The SMILES string of the molecule is COc1cc(NS(=O)(=O)N2CCS(=O)(=O)CC2)nc(SCc2cccc(F)c2F)n1. The molecule has 0 aliphatic carbocycles. The fourth-order valence-electron chi connectivity index (χ4n) is 2.56. The highest BCUT2D eigenvalue weighted by atomic mass is 32.2. The van der Waals surface area contributed by atoms with Crippen LogP contribution in [0.15, 0.2) is 29.4 Å². The van der Waals surface area contributed by atoms with E-state index in [0.29, 0.717) is 0 Å². The van der Waals surface area contributed by atoms with E-state index < -0.39 is 31.7 Å². The van der Waals surface area contributed by atoms with Crippen molar-refractivity contribution in [2.45, 2.75) is 10.9 Å². The normalized spacial score (nSPS) is 16.9. The summed E-state index contributed by atoms with van der Waals surface area (Å²) in [5, 5.41) is 0.0805. The van der Waals surface area contributed by atoms with Gasteiger partial charge in [-0.2, -0.15) is 17.7 Å². The minimum absolute atomic E-state index is 0.00688. The van der Waals surface area contributed by atoms with Crippen molar-refractivity contribution in [1.29, 1.82) is 0 Å². The number of aromatic nitrogens is 2. The van der Waals surface area contributed by atoms with Crippen molar-refractivity contribution < 1.29 is 30.4 Å². The number of rotatable bonds is 7. The Balaban J connectivity index is 1.76. The molecular weight excluding hydrogens is 462 g/mol. The number of ether oxygens (including phenoxy) is 1. The highest BCUT2D eigenvalue weighted by Crippen LogP contribution is 2.26. The molecule has 14 heteroatoms. The van der Waals surface area contributed by atoms with Crippen LogP contribution in [0.1, 0.15) is 5.56 Å². The summed E-state index contributed by atoms with van der Waals surface area (Å²) in [7, 11) is -5.97. The van der Waals surface area contributed by atoms with Gasteiger partial charge in [0.2, 0.25) is 5.88 Å². The number of sulfone groups is 1. The smallest absolute Gasteiger partial charge is 0.302 e. The van der Waals surface area contributed by atoms with E-state index in [9.17, 15) is 25.6 Å². The van der Waals surface area contributed by atoms with Crippen molar-refractivity contribution in [2.24, 2.45) is 0 Å². The van der Waals surface area contributed by atoms with Crippen molar-refractivity contribution in [3.8, 4) is 5.88 Å². The van der Waals surface area contributed by atoms with Crippen LogP contribution in [-0.4, -0.2) is 62.8 Å². The van der Waals surface area contributed by atoms with E-state index >= 15 is 0 Å². The largest absolute Gasteiger partial charge is 0.481 e. The Hall–Kier alpha value is -2.03. The molecular formula is C16H18F2N4O5S3. The van der Waals surface area contributed by atoms with Gasteiger partial charge >= 0.3 is 10.2 Å². The van der Waals surface area contributed by atoms with Crippen LogP contribution >= 0.6 is 11.8 Å². The first-order valence-electron chi connectivity index (χ1n) is 8.57. The lowest BCUT2D eigenvalue weighted by Crippen LogP contribution is -2.46. The number of benzene rings is 1. The van der Waals surface area contributed by atoms with Gasteiger partial charge in [0.1, 0.15) is 5.82 Å². The number of hydrogen-bond acceptors (Lipinski definition) is 8. The highest BCUT2D eigenvalue weighted by molar-refractivity contribution is 7.98. The third kappa shape index (κ3) is 5.56. The molecule has 1 aliphatic rings. The van der Waals surface area contributed by atoms with Crippen molar-refractivity contribution in [2.75, 3.05) is 36.4 Å². The zero-order chi connectivity index (χ0) is 21.9. The fraction of sp³-hybridized carbons (Fsp3) is 0.375. The molecule has 1 aromatic heterocycles. The van der Waals surface area contributed by atoms with Gasteiger partial charge in [-0.25, -0.2) is 22.2 Å². The van der Waals surface area contributed by atoms with Gasteiger partial charge in [0.15, 0.2) is 26.6 Å². The molecule has 3 rings (SSSR count). The van der Waals surface area contributed by atoms with Gasteiger partial charge in [-0.15, -0.1) is 0 Å². The van der Waals surface area contributed by atoms with Crippen LogP contribution in [0, 0.1) is 11.6 Å². The number of thioether (sulfide) groups is 1.